The quantitative estimate of drug-likeness (QED) is 0.807. The first-order valence-electron chi connectivity index (χ1n) is 10.1. The Hall–Kier alpha value is -2.84. The van der Waals surface area contributed by atoms with Gasteiger partial charge in [-0.05, 0) is 43.1 Å². The third-order valence-electron chi connectivity index (χ3n) is 5.79. The van der Waals surface area contributed by atoms with Crippen LogP contribution in [0.2, 0.25) is 0 Å². The number of carbonyl (C=O) groups excluding carboxylic acids is 1. The molecule has 1 amide bonds. The van der Waals surface area contributed by atoms with E-state index in [-0.39, 0.29) is 5.91 Å². The Bertz CT molecular complexity index is 880. The maximum atomic E-state index is 12.4. The van der Waals surface area contributed by atoms with Gasteiger partial charge in [-0.3, -0.25) is 9.69 Å². The van der Waals surface area contributed by atoms with E-state index in [4.69, 9.17) is 0 Å². The van der Waals surface area contributed by atoms with Gasteiger partial charge in [-0.15, -0.1) is 0 Å². The third kappa shape index (κ3) is 3.88. The molecule has 5 heteroatoms. The van der Waals surface area contributed by atoms with Crippen LogP contribution in [0.5, 0.6) is 0 Å². The highest BCUT2D eigenvalue weighted by atomic mass is 16.2. The second kappa shape index (κ2) is 8.45. The summed E-state index contributed by atoms with van der Waals surface area (Å²) in [5, 5.41) is 9.31. The van der Waals surface area contributed by atoms with Crippen LogP contribution in [0.4, 0.5) is 11.4 Å². The van der Waals surface area contributed by atoms with Gasteiger partial charge in [0.25, 0.3) is 0 Å². The molecule has 1 fully saturated rings. The summed E-state index contributed by atoms with van der Waals surface area (Å²) in [4.78, 5) is 19.1. The van der Waals surface area contributed by atoms with E-state index in [1.165, 1.54) is 5.56 Å². The summed E-state index contributed by atoms with van der Waals surface area (Å²) in [6.07, 6.45) is 2.46. The lowest BCUT2D eigenvalue weighted by Gasteiger charge is -2.37. The standard InChI is InChI=1S/C23H26N4O/c24-18-20-7-2-3-8-21(20)26-16-14-25(15-17-26)12-5-13-27-22-9-4-1-6-19(22)10-11-23(27)28/h1-4,6-9H,5,10-17H2. The molecule has 0 aliphatic carbocycles. The first kappa shape index (κ1) is 18.5. The minimum Gasteiger partial charge on any atom is -0.368 e. The van der Waals surface area contributed by atoms with E-state index < -0.39 is 0 Å². The number of para-hydroxylation sites is 2. The number of fused-ring (bicyclic) bond motifs is 1. The van der Waals surface area contributed by atoms with Crippen molar-refractivity contribution >= 4 is 17.3 Å². The number of benzene rings is 2. The van der Waals surface area contributed by atoms with E-state index >= 15 is 0 Å². The molecule has 2 aliphatic rings. The second-order valence-corrected chi connectivity index (χ2v) is 7.49. The SMILES string of the molecule is N#Cc1ccccc1N1CCN(CCCN2C(=O)CCc3ccccc32)CC1. The molecule has 1 saturated heterocycles. The number of hydrogen-bond acceptors (Lipinski definition) is 4. The van der Waals surface area contributed by atoms with Gasteiger partial charge in [-0.1, -0.05) is 30.3 Å². The third-order valence-corrected chi connectivity index (χ3v) is 5.79. The van der Waals surface area contributed by atoms with Crippen LogP contribution in [0.25, 0.3) is 0 Å². The van der Waals surface area contributed by atoms with Crippen LogP contribution in [0.3, 0.4) is 0 Å². The molecule has 0 radical (unpaired) electrons. The van der Waals surface area contributed by atoms with Crippen molar-refractivity contribution in [1.82, 2.24) is 4.90 Å². The number of nitriles is 1. The molecule has 28 heavy (non-hydrogen) atoms. The van der Waals surface area contributed by atoms with Gasteiger partial charge in [0.2, 0.25) is 5.91 Å². The maximum Gasteiger partial charge on any atom is 0.227 e. The predicted octanol–water partition coefficient (Wildman–Crippen LogP) is 3.05. The van der Waals surface area contributed by atoms with E-state index in [1.807, 2.05) is 35.2 Å². The average molecular weight is 374 g/mol. The van der Waals surface area contributed by atoms with Crippen LogP contribution >= 0.6 is 0 Å². The Morgan fingerprint density at radius 2 is 1.57 bits per heavy atom. The lowest BCUT2D eigenvalue weighted by atomic mass is 10.0. The highest BCUT2D eigenvalue weighted by molar-refractivity contribution is 5.96. The molecule has 2 aliphatic heterocycles. The molecule has 5 nitrogen and oxygen atoms in total. The first-order chi connectivity index (χ1) is 13.8. The normalized spacial score (nSPS) is 17.3. The van der Waals surface area contributed by atoms with E-state index in [0.29, 0.717) is 6.42 Å². The highest BCUT2D eigenvalue weighted by Gasteiger charge is 2.24. The van der Waals surface area contributed by atoms with Crippen molar-refractivity contribution < 1.29 is 4.79 Å². The van der Waals surface area contributed by atoms with Crippen LogP contribution in [0.1, 0.15) is 24.0 Å². The molecule has 0 aromatic heterocycles. The summed E-state index contributed by atoms with van der Waals surface area (Å²) in [5.41, 5.74) is 4.17. The molecule has 2 aromatic carbocycles. The van der Waals surface area contributed by atoms with Crippen molar-refractivity contribution in [2.45, 2.75) is 19.3 Å². The minimum atomic E-state index is 0.247. The van der Waals surface area contributed by atoms with Gasteiger partial charge in [-0.25, -0.2) is 0 Å². The zero-order valence-electron chi connectivity index (χ0n) is 16.2. The fraction of sp³-hybridized carbons (Fsp3) is 0.391. The lowest BCUT2D eigenvalue weighted by molar-refractivity contribution is -0.118. The van der Waals surface area contributed by atoms with Gasteiger partial charge in [0.05, 0.1) is 11.3 Å². The van der Waals surface area contributed by atoms with Crippen LogP contribution in [0.15, 0.2) is 48.5 Å². The predicted molar refractivity (Wildman–Crippen MR) is 112 cm³/mol. The number of carbonyl (C=O) groups is 1. The molecule has 0 unspecified atom stereocenters. The Morgan fingerprint density at radius 3 is 2.36 bits per heavy atom. The van der Waals surface area contributed by atoms with E-state index in [9.17, 15) is 10.1 Å². The van der Waals surface area contributed by atoms with Crippen molar-refractivity contribution in [3.05, 3.63) is 59.7 Å². The molecule has 0 N–H and O–H groups in total. The monoisotopic (exact) mass is 374 g/mol. The van der Waals surface area contributed by atoms with Crippen molar-refractivity contribution in [2.75, 3.05) is 49.1 Å². The molecule has 0 atom stereocenters. The Morgan fingerprint density at radius 1 is 0.857 bits per heavy atom. The first-order valence-corrected chi connectivity index (χ1v) is 10.1. The highest BCUT2D eigenvalue weighted by Crippen LogP contribution is 2.27. The van der Waals surface area contributed by atoms with Crippen molar-refractivity contribution in [3.8, 4) is 6.07 Å². The molecule has 2 aromatic rings. The molecule has 0 spiro atoms. The Kier molecular flexibility index (Phi) is 5.59. The molecule has 4 rings (SSSR count). The number of nitrogens with zero attached hydrogens (tertiary/aromatic N) is 4. The summed E-state index contributed by atoms with van der Waals surface area (Å²) in [7, 11) is 0. The number of hydrogen-bond donors (Lipinski definition) is 0. The van der Waals surface area contributed by atoms with Gasteiger partial charge < -0.3 is 9.80 Å². The van der Waals surface area contributed by atoms with Gasteiger partial charge >= 0.3 is 0 Å². The van der Waals surface area contributed by atoms with Gasteiger partial charge in [0.15, 0.2) is 0 Å². The zero-order chi connectivity index (χ0) is 19.3. The van der Waals surface area contributed by atoms with E-state index in [0.717, 1.165) is 69.0 Å². The smallest absolute Gasteiger partial charge is 0.227 e. The molecular weight excluding hydrogens is 348 g/mol. The summed E-state index contributed by atoms with van der Waals surface area (Å²) in [5.74, 6) is 0.247. The van der Waals surface area contributed by atoms with Crippen molar-refractivity contribution in [3.63, 3.8) is 0 Å². The van der Waals surface area contributed by atoms with Crippen LogP contribution in [-0.4, -0.2) is 50.1 Å². The lowest BCUT2D eigenvalue weighted by Crippen LogP contribution is -2.47. The Balaban J connectivity index is 1.29. The number of rotatable bonds is 5. The molecule has 2 heterocycles. The zero-order valence-corrected chi connectivity index (χ0v) is 16.2. The molecular formula is C23H26N4O. The molecule has 0 bridgehead atoms. The number of aryl methyl sites for hydroxylation is 1. The van der Waals surface area contributed by atoms with Gasteiger partial charge in [0.1, 0.15) is 6.07 Å². The van der Waals surface area contributed by atoms with Crippen LogP contribution in [0, 0.1) is 11.3 Å². The number of amides is 1. The van der Waals surface area contributed by atoms with E-state index in [1.54, 1.807) is 0 Å². The fourth-order valence-electron chi connectivity index (χ4n) is 4.25. The molecule has 0 saturated carbocycles. The largest absolute Gasteiger partial charge is 0.368 e. The number of piperazine rings is 1. The minimum absolute atomic E-state index is 0.247. The van der Waals surface area contributed by atoms with Crippen LogP contribution in [-0.2, 0) is 11.2 Å². The van der Waals surface area contributed by atoms with Crippen molar-refractivity contribution in [2.24, 2.45) is 0 Å². The summed E-state index contributed by atoms with van der Waals surface area (Å²) >= 11 is 0. The fourth-order valence-corrected chi connectivity index (χ4v) is 4.25. The summed E-state index contributed by atoms with van der Waals surface area (Å²) in [6.45, 7) is 5.63. The topological polar surface area (TPSA) is 50.6 Å². The Labute approximate surface area is 166 Å². The second-order valence-electron chi connectivity index (χ2n) is 7.49. The maximum absolute atomic E-state index is 12.4. The average Bonchev–Trinajstić information content (AvgIpc) is 2.76. The van der Waals surface area contributed by atoms with Crippen LogP contribution < -0.4 is 9.80 Å². The number of anilines is 2. The van der Waals surface area contributed by atoms with E-state index in [2.05, 4.69) is 34.1 Å². The summed E-state index contributed by atoms with van der Waals surface area (Å²) in [6, 6.07) is 18.4. The van der Waals surface area contributed by atoms with Gasteiger partial charge in [0, 0.05) is 44.8 Å². The molecule has 144 valence electrons. The summed E-state index contributed by atoms with van der Waals surface area (Å²) < 4.78 is 0. The van der Waals surface area contributed by atoms with Crippen molar-refractivity contribution in [1.29, 1.82) is 5.26 Å². The van der Waals surface area contributed by atoms with Gasteiger partial charge in [-0.2, -0.15) is 5.26 Å².